The van der Waals surface area contributed by atoms with Crippen LogP contribution in [0.15, 0.2) is 122 Å². The van der Waals surface area contributed by atoms with Crippen molar-refractivity contribution in [2.75, 3.05) is 6.66 Å². The maximum Gasteiger partial charge on any atom is 0.435 e. The van der Waals surface area contributed by atoms with Crippen molar-refractivity contribution in [2.45, 2.75) is 12.4 Å². The molecule has 0 aliphatic rings. The molecule has 0 radical (unpaired) electrons. The van der Waals surface area contributed by atoms with Gasteiger partial charge in [0.1, 0.15) is 0 Å². The van der Waals surface area contributed by atoms with Crippen molar-refractivity contribution in [2.24, 2.45) is 0 Å². The zero-order valence-electron chi connectivity index (χ0n) is 27.4. The number of rotatable bonds is 6. The summed E-state index contributed by atoms with van der Waals surface area (Å²) >= 11 is 0. The molecule has 53 heavy (non-hydrogen) atoms. The van der Waals surface area contributed by atoms with Crippen LogP contribution in [0.25, 0.3) is 66.6 Å². The van der Waals surface area contributed by atoms with E-state index in [0.29, 0.717) is 26.8 Å². The van der Waals surface area contributed by atoms with Crippen molar-refractivity contribution in [3.05, 3.63) is 133 Å². The SMILES string of the molecule is CP(c1ccccc1)c1cccc(-c2c(C(F)(F)F)n[nH]c2-c2nccc3ccccc23)c1-c1c(C(F)(F)F)n[nH]c1-c1nccc2ccccc12.[Ru]. The van der Waals surface area contributed by atoms with Crippen molar-refractivity contribution >= 4 is 40.1 Å². The standard InChI is InChI=1S/C39H25F6N6P.Ru/c1-52(24-12-3-2-4-13-24)28-17-9-16-27(30-34(48-50-36(30)38(40,41)42)32-25-14-7-5-10-22(25)18-20-46-32)29(28)31-35(49-51-37(31)39(43,44)45)33-26-15-8-6-11-23(26)19-21-47-33;/h2-21H,1H3,(H,48,50)(H,49,51);. The van der Waals surface area contributed by atoms with E-state index in [-0.39, 0.29) is 53.4 Å². The average molecular weight is 824 g/mol. The Morgan fingerprint density at radius 1 is 0.528 bits per heavy atom. The Labute approximate surface area is 312 Å². The molecule has 266 valence electrons. The van der Waals surface area contributed by atoms with Crippen LogP contribution in [0.3, 0.4) is 0 Å². The van der Waals surface area contributed by atoms with Gasteiger partial charge in [-0.3, -0.25) is 20.2 Å². The van der Waals surface area contributed by atoms with Crippen molar-refractivity contribution in [3.63, 3.8) is 0 Å². The Morgan fingerprint density at radius 2 is 1.02 bits per heavy atom. The molecule has 0 bridgehead atoms. The van der Waals surface area contributed by atoms with Gasteiger partial charge in [-0.15, -0.1) is 0 Å². The maximum absolute atomic E-state index is 15.2. The van der Waals surface area contributed by atoms with Gasteiger partial charge < -0.3 is 0 Å². The second kappa shape index (κ2) is 14.0. The molecule has 2 N–H and O–H groups in total. The van der Waals surface area contributed by atoms with Gasteiger partial charge in [-0.1, -0.05) is 97.1 Å². The first kappa shape index (κ1) is 36.1. The predicted octanol–water partition coefficient (Wildman–Crippen LogP) is 9.99. The number of nitrogens with zero attached hydrogens (tertiary/aromatic N) is 4. The number of hydrogen-bond donors (Lipinski definition) is 2. The van der Waals surface area contributed by atoms with Gasteiger partial charge in [-0.2, -0.15) is 36.5 Å². The predicted molar refractivity (Wildman–Crippen MR) is 192 cm³/mol. The largest absolute Gasteiger partial charge is 0.435 e. The molecule has 0 saturated heterocycles. The van der Waals surface area contributed by atoms with Crippen molar-refractivity contribution < 1.29 is 45.8 Å². The molecule has 0 saturated carbocycles. The van der Waals surface area contributed by atoms with E-state index in [1.807, 2.05) is 37.0 Å². The van der Waals surface area contributed by atoms with E-state index in [9.17, 15) is 0 Å². The Hall–Kier alpha value is -5.25. The number of alkyl halides is 6. The van der Waals surface area contributed by atoms with E-state index in [2.05, 4.69) is 30.4 Å². The first-order chi connectivity index (χ1) is 25.0. The molecule has 0 spiro atoms. The number of hydrogen-bond acceptors (Lipinski definition) is 4. The number of aromatic amines is 2. The molecule has 14 heteroatoms. The summed E-state index contributed by atoms with van der Waals surface area (Å²) in [5.74, 6) is 0. The van der Waals surface area contributed by atoms with E-state index >= 15 is 26.3 Å². The van der Waals surface area contributed by atoms with Crippen LogP contribution >= 0.6 is 7.92 Å². The van der Waals surface area contributed by atoms with Gasteiger partial charge in [0.15, 0.2) is 11.4 Å². The summed E-state index contributed by atoms with van der Waals surface area (Å²) in [6.07, 6.45) is -7.07. The summed E-state index contributed by atoms with van der Waals surface area (Å²) < 4.78 is 90.7. The topological polar surface area (TPSA) is 83.1 Å². The Balaban J connectivity index is 0.00000435. The zero-order chi connectivity index (χ0) is 36.2. The molecule has 6 nitrogen and oxygen atoms in total. The fraction of sp³-hybridized carbons (Fsp3) is 0.0769. The van der Waals surface area contributed by atoms with Gasteiger partial charge in [0, 0.05) is 59.3 Å². The van der Waals surface area contributed by atoms with Crippen molar-refractivity contribution in [1.82, 2.24) is 30.4 Å². The van der Waals surface area contributed by atoms with Crippen LogP contribution in [0.4, 0.5) is 26.3 Å². The Morgan fingerprint density at radius 3 is 1.57 bits per heavy atom. The summed E-state index contributed by atoms with van der Waals surface area (Å²) in [4.78, 5) is 8.97. The summed E-state index contributed by atoms with van der Waals surface area (Å²) in [5, 5.41) is 16.4. The van der Waals surface area contributed by atoms with Gasteiger partial charge >= 0.3 is 12.4 Å². The van der Waals surface area contributed by atoms with Crippen LogP contribution in [-0.2, 0) is 31.8 Å². The van der Waals surface area contributed by atoms with Gasteiger partial charge in [0.25, 0.3) is 0 Å². The molecule has 8 rings (SSSR count). The second-order valence-corrected chi connectivity index (χ2v) is 14.1. The molecule has 1 atom stereocenters. The van der Waals surface area contributed by atoms with E-state index in [0.717, 1.165) is 5.30 Å². The summed E-state index contributed by atoms with van der Waals surface area (Å²) in [6, 6.07) is 31.3. The third-order valence-corrected chi connectivity index (χ3v) is 11.1. The number of benzene rings is 4. The molecule has 0 fully saturated rings. The quantitative estimate of drug-likeness (QED) is 0.0994. The number of aromatic nitrogens is 6. The van der Waals surface area contributed by atoms with Gasteiger partial charge in [0.2, 0.25) is 0 Å². The van der Waals surface area contributed by atoms with Crippen LogP contribution in [0.5, 0.6) is 0 Å². The number of H-pyrrole nitrogens is 2. The first-order valence-corrected chi connectivity index (χ1v) is 17.7. The molecule has 4 heterocycles. The molecular formula is C39H25F6N6PRu. The summed E-state index contributed by atoms with van der Waals surface area (Å²) in [5.41, 5.74) is -3.48. The van der Waals surface area contributed by atoms with Crippen LogP contribution in [0.1, 0.15) is 11.4 Å². The van der Waals surface area contributed by atoms with Gasteiger partial charge in [-0.05, 0) is 53.7 Å². The molecule has 1 unspecified atom stereocenters. The van der Waals surface area contributed by atoms with Crippen LogP contribution in [0, 0.1) is 0 Å². The maximum atomic E-state index is 15.2. The van der Waals surface area contributed by atoms with E-state index in [1.54, 1.807) is 72.8 Å². The summed E-state index contributed by atoms with van der Waals surface area (Å²) in [7, 11) is -1.44. The Bertz CT molecular complexity index is 2590. The monoisotopic (exact) mass is 824 g/mol. The average Bonchev–Trinajstić information content (AvgIpc) is 3.80. The molecule has 8 aromatic rings. The zero-order valence-corrected chi connectivity index (χ0v) is 30.0. The molecule has 4 aromatic heterocycles. The van der Waals surface area contributed by atoms with E-state index in [4.69, 9.17) is 0 Å². The van der Waals surface area contributed by atoms with Gasteiger partial charge in [0.05, 0.1) is 22.8 Å². The third-order valence-electron chi connectivity index (χ3n) is 8.96. The van der Waals surface area contributed by atoms with Crippen molar-refractivity contribution in [1.29, 1.82) is 0 Å². The molecule has 0 aliphatic heterocycles. The number of nitrogens with one attached hydrogen (secondary N) is 2. The number of fused-ring (bicyclic) bond motifs is 2. The summed E-state index contributed by atoms with van der Waals surface area (Å²) in [6.45, 7) is 1.86. The van der Waals surface area contributed by atoms with Gasteiger partial charge in [-0.25, -0.2) is 0 Å². The minimum Gasteiger partial charge on any atom is -0.275 e. The van der Waals surface area contributed by atoms with E-state index < -0.39 is 42.8 Å². The van der Waals surface area contributed by atoms with Crippen LogP contribution in [-0.4, -0.2) is 37.0 Å². The Kier molecular flexibility index (Phi) is 9.51. The second-order valence-electron chi connectivity index (χ2n) is 12.0. The molecule has 0 aliphatic carbocycles. The van der Waals surface area contributed by atoms with Crippen molar-refractivity contribution in [3.8, 4) is 45.0 Å². The third kappa shape index (κ3) is 6.42. The number of pyridine rings is 2. The normalized spacial score (nSPS) is 12.6. The van der Waals surface area contributed by atoms with Crippen LogP contribution < -0.4 is 10.6 Å². The fourth-order valence-electron chi connectivity index (χ4n) is 6.66. The van der Waals surface area contributed by atoms with Crippen LogP contribution in [0.2, 0.25) is 0 Å². The first-order valence-electron chi connectivity index (χ1n) is 15.9. The fourth-order valence-corrected chi connectivity index (χ4v) is 8.44. The smallest absolute Gasteiger partial charge is 0.275 e. The van der Waals surface area contributed by atoms with E-state index in [1.165, 1.54) is 18.5 Å². The minimum absolute atomic E-state index is 0. The number of halogens is 6. The minimum atomic E-state index is -5.01. The molecular weight excluding hydrogens is 799 g/mol. The molecule has 0 amide bonds. The molecule has 4 aromatic carbocycles.